The van der Waals surface area contributed by atoms with Gasteiger partial charge in [0.05, 0.1) is 12.4 Å². The highest BCUT2D eigenvalue weighted by Crippen LogP contribution is 2.07. The zero-order chi connectivity index (χ0) is 22.6. The third-order valence-corrected chi connectivity index (χ3v) is 4.81. The van der Waals surface area contributed by atoms with Crippen molar-refractivity contribution in [1.82, 2.24) is 20.6 Å². The lowest BCUT2D eigenvalue weighted by Crippen LogP contribution is -2.55. The lowest BCUT2D eigenvalue weighted by atomic mass is 10.0. The summed E-state index contributed by atoms with van der Waals surface area (Å²) in [4.78, 5) is 43.8. The van der Waals surface area contributed by atoms with Crippen molar-refractivity contribution in [2.24, 2.45) is 11.5 Å². The maximum atomic E-state index is 12.9. The van der Waals surface area contributed by atoms with Gasteiger partial charge in [0, 0.05) is 24.7 Å². The molecule has 0 aliphatic carbocycles. The van der Waals surface area contributed by atoms with Crippen LogP contribution in [0.15, 0.2) is 42.9 Å². The Morgan fingerprint density at radius 2 is 1.74 bits per heavy atom. The molecular weight excluding hydrogens is 400 g/mol. The minimum Gasteiger partial charge on any atom is -0.480 e. The highest BCUT2D eigenvalue weighted by atomic mass is 16.4. The minimum absolute atomic E-state index is 0.199. The average Bonchev–Trinajstić information content (AvgIpc) is 3.26. The van der Waals surface area contributed by atoms with Gasteiger partial charge in [-0.1, -0.05) is 30.3 Å². The minimum atomic E-state index is -1.13. The number of rotatable bonds is 13. The van der Waals surface area contributed by atoms with E-state index in [9.17, 15) is 19.5 Å². The Labute approximate surface area is 180 Å². The summed E-state index contributed by atoms with van der Waals surface area (Å²) in [5, 5.41) is 14.6. The molecule has 0 saturated carbocycles. The molecule has 0 aliphatic rings. The van der Waals surface area contributed by atoms with E-state index >= 15 is 0 Å². The van der Waals surface area contributed by atoms with Crippen LogP contribution in [0.5, 0.6) is 0 Å². The summed E-state index contributed by atoms with van der Waals surface area (Å²) in [6.07, 6.45) is 4.96. The molecule has 0 bridgehead atoms. The van der Waals surface area contributed by atoms with E-state index in [0.717, 1.165) is 5.56 Å². The summed E-state index contributed by atoms with van der Waals surface area (Å²) in [6.45, 7) is 0.446. The Morgan fingerprint density at radius 3 is 2.35 bits per heavy atom. The summed E-state index contributed by atoms with van der Waals surface area (Å²) in [5.74, 6) is -2.22. The van der Waals surface area contributed by atoms with Crippen LogP contribution < -0.4 is 22.1 Å². The molecule has 2 aromatic rings. The highest BCUT2D eigenvalue weighted by Gasteiger charge is 2.28. The normalized spacial score (nSPS) is 13.7. The number of nitrogens with one attached hydrogen (secondary N) is 3. The van der Waals surface area contributed by atoms with Crippen LogP contribution >= 0.6 is 0 Å². The number of carbonyl (C=O) groups excluding carboxylic acids is 2. The predicted octanol–water partition coefficient (Wildman–Crippen LogP) is -0.295. The van der Waals surface area contributed by atoms with Crippen molar-refractivity contribution in [3.63, 3.8) is 0 Å². The molecule has 1 aromatic heterocycles. The Hall–Kier alpha value is -3.24. The topological polar surface area (TPSA) is 176 Å². The maximum absolute atomic E-state index is 12.9. The number of aliphatic carboxylic acids is 1. The number of carbonyl (C=O) groups is 3. The highest BCUT2D eigenvalue weighted by molar-refractivity contribution is 5.92. The molecule has 0 radical (unpaired) electrons. The lowest BCUT2D eigenvalue weighted by Gasteiger charge is -2.23. The second-order valence-electron chi connectivity index (χ2n) is 7.32. The molecule has 10 nitrogen and oxygen atoms in total. The van der Waals surface area contributed by atoms with Crippen molar-refractivity contribution in [2.45, 2.75) is 50.2 Å². The number of aromatic nitrogens is 2. The lowest BCUT2D eigenvalue weighted by molar-refractivity contribution is -0.142. The first-order chi connectivity index (χ1) is 14.9. The third-order valence-electron chi connectivity index (χ3n) is 4.81. The molecule has 0 spiro atoms. The van der Waals surface area contributed by atoms with Gasteiger partial charge >= 0.3 is 5.97 Å². The van der Waals surface area contributed by atoms with Crippen molar-refractivity contribution < 1.29 is 19.5 Å². The molecular formula is C21H30N6O4. The zero-order valence-corrected chi connectivity index (χ0v) is 17.3. The maximum Gasteiger partial charge on any atom is 0.326 e. The van der Waals surface area contributed by atoms with E-state index in [0.29, 0.717) is 25.1 Å². The number of aromatic amines is 1. The molecule has 1 heterocycles. The van der Waals surface area contributed by atoms with Crippen LogP contribution in [0, 0.1) is 0 Å². The molecule has 0 saturated heterocycles. The van der Waals surface area contributed by atoms with Crippen molar-refractivity contribution in [2.75, 3.05) is 6.54 Å². The van der Waals surface area contributed by atoms with Crippen LogP contribution in [-0.4, -0.2) is 57.5 Å². The van der Waals surface area contributed by atoms with Gasteiger partial charge in [0.15, 0.2) is 0 Å². The van der Waals surface area contributed by atoms with Gasteiger partial charge in [-0.3, -0.25) is 9.59 Å². The van der Waals surface area contributed by atoms with Crippen LogP contribution in [0.3, 0.4) is 0 Å². The Morgan fingerprint density at radius 1 is 1.03 bits per heavy atom. The number of nitrogens with two attached hydrogens (primary N) is 2. The van der Waals surface area contributed by atoms with Crippen LogP contribution in [0.25, 0.3) is 0 Å². The molecule has 168 valence electrons. The molecule has 10 heteroatoms. The molecule has 8 N–H and O–H groups in total. The van der Waals surface area contributed by atoms with E-state index in [1.165, 1.54) is 6.33 Å². The molecule has 0 aliphatic heterocycles. The first-order valence-electron chi connectivity index (χ1n) is 10.2. The summed E-state index contributed by atoms with van der Waals surface area (Å²) >= 11 is 0. The third kappa shape index (κ3) is 8.19. The van der Waals surface area contributed by atoms with Gasteiger partial charge in [0.1, 0.15) is 12.1 Å². The van der Waals surface area contributed by atoms with E-state index in [1.807, 2.05) is 30.3 Å². The van der Waals surface area contributed by atoms with Gasteiger partial charge in [-0.05, 0) is 31.4 Å². The molecule has 3 atom stereocenters. The van der Waals surface area contributed by atoms with Gasteiger partial charge < -0.3 is 32.2 Å². The van der Waals surface area contributed by atoms with E-state index in [4.69, 9.17) is 11.5 Å². The van der Waals surface area contributed by atoms with E-state index in [-0.39, 0.29) is 19.3 Å². The number of nitrogens with zero attached hydrogens (tertiary/aromatic N) is 1. The quantitative estimate of drug-likeness (QED) is 0.236. The fraction of sp³-hybridized carbons (Fsp3) is 0.429. The number of amides is 2. The number of benzene rings is 1. The van der Waals surface area contributed by atoms with Gasteiger partial charge in [0.25, 0.3) is 0 Å². The predicted molar refractivity (Wildman–Crippen MR) is 115 cm³/mol. The molecule has 31 heavy (non-hydrogen) atoms. The average molecular weight is 431 g/mol. The van der Waals surface area contributed by atoms with E-state index < -0.39 is 35.9 Å². The second-order valence-corrected chi connectivity index (χ2v) is 7.32. The number of imidazole rings is 1. The summed E-state index contributed by atoms with van der Waals surface area (Å²) in [6, 6.07) is 6.21. The second kappa shape index (κ2) is 12.5. The smallest absolute Gasteiger partial charge is 0.326 e. The van der Waals surface area contributed by atoms with Crippen molar-refractivity contribution in [1.29, 1.82) is 0 Å². The monoisotopic (exact) mass is 430 g/mol. The first kappa shape index (κ1) is 24.0. The number of carboxylic acids is 1. The number of unbranched alkanes of at least 4 members (excludes halogenated alkanes) is 1. The first-order valence-corrected chi connectivity index (χ1v) is 10.2. The van der Waals surface area contributed by atoms with Crippen LogP contribution in [-0.2, 0) is 27.2 Å². The van der Waals surface area contributed by atoms with Gasteiger partial charge in [0.2, 0.25) is 11.8 Å². The number of hydrogen-bond donors (Lipinski definition) is 6. The van der Waals surface area contributed by atoms with Crippen LogP contribution in [0.2, 0.25) is 0 Å². The molecule has 0 fully saturated rings. The zero-order valence-electron chi connectivity index (χ0n) is 17.3. The number of H-pyrrole nitrogens is 1. The Balaban J connectivity index is 2.08. The fourth-order valence-electron chi connectivity index (χ4n) is 3.09. The molecule has 1 aromatic carbocycles. The SMILES string of the molecule is NCCCC[C@H](NC(=O)[C@H](Cc1ccccc1)NC(=O)[C@@H](N)Cc1cnc[nH]1)C(=O)O. The largest absolute Gasteiger partial charge is 0.480 e. The van der Waals surface area contributed by atoms with Gasteiger partial charge in [-0.2, -0.15) is 0 Å². The fourth-order valence-corrected chi connectivity index (χ4v) is 3.09. The standard InChI is InChI=1S/C21H30N6O4/c22-9-5-4-8-17(21(30)31)26-20(29)18(10-14-6-2-1-3-7-14)27-19(28)16(23)11-15-12-24-13-25-15/h1-3,6-7,12-13,16-18H,4-5,8-11,22-23H2,(H,24,25)(H,26,29)(H,27,28)(H,30,31)/t16-,17-,18-/m0/s1. The van der Waals surface area contributed by atoms with Gasteiger partial charge in [-0.15, -0.1) is 0 Å². The van der Waals surface area contributed by atoms with Crippen molar-refractivity contribution >= 4 is 17.8 Å². The summed E-state index contributed by atoms with van der Waals surface area (Å²) < 4.78 is 0. The van der Waals surface area contributed by atoms with Crippen molar-refractivity contribution in [3.05, 3.63) is 54.1 Å². The number of carboxylic acid groups (broad SMARTS) is 1. The van der Waals surface area contributed by atoms with E-state index in [1.54, 1.807) is 6.20 Å². The molecule has 0 unspecified atom stereocenters. The summed E-state index contributed by atoms with van der Waals surface area (Å²) in [7, 11) is 0. The summed E-state index contributed by atoms with van der Waals surface area (Å²) in [5.41, 5.74) is 13.0. The number of hydrogen-bond acceptors (Lipinski definition) is 6. The molecule has 2 amide bonds. The van der Waals surface area contributed by atoms with Crippen molar-refractivity contribution in [3.8, 4) is 0 Å². The van der Waals surface area contributed by atoms with Crippen LogP contribution in [0.1, 0.15) is 30.5 Å². The Kier molecular flexibility index (Phi) is 9.66. The van der Waals surface area contributed by atoms with E-state index in [2.05, 4.69) is 20.6 Å². The Bertz CT molecular complexity index is 828. The molecule has 2 rings (SSSR count). The van der Waals surface area contributed by atoms with Crippen LogP contribution in [0.4, 0.5) is 0 Å². The van der Waals surface area contributed by atoms with Gasteiger partial charge in [-0.25, -0.2) is 9.78 Å².